The second-order valence-corrected chi connectivity index (χ2v) is 12.6. The van der Waals surface area contributed by atoms with Gasteiger partial charge in [0.2, 0.25) is 0 Å². The van der Waals surface area contributed by atoms with Crippen LogP contribution in [0.4, 0.5) is 0 Å². The molecule has 3 nitrogen and oxygen atoms in total. The lowest BCUT2D eigenvalue weighted by Crippen LogP contribution is -2.67. The lowest BCUT2D eigenvalue weighted by Gasteiger charge is -2.64. The zero-order valence-corrected chi connectivity index (χ0v) is 20.6. The molecule has 3 saturated carbocycles. The third-order valence-electron chi connectivity index (χ3n) is 10.8. The molecule has 0 aromatic rings. The predicted octanol–water partition coefficient (Wildman–Crippen LogP) is 5.50. The third kappa shape index (κ3) is 3.40. The van der Waals surface area contributed by atoms with Crippen molar-refractivity contribution in [3.63, 3.8) is 0 Å². The zero-order chi connectivity index (χ0) is 22.8. The minimum atomic E-state index is -1.00. The molecule has 0 radical (unpaired) electrons. The van der Waals surface area contributed by atoms with Crippen LogP contribution < -0.4 is 0 Å². The lowest BCUT2D eigenvalue weighted by molar-refractivity contribution is -0.220. The van der Waals surface area contributed by atoms with E-state index in [0.717, 1.165) is 32.1 Å². The Morgan fingerprint density at radius 2 is 1.58 bits per heavy atom. The van der Waals surface area contributed by atoms with E-state index in [2.05, 4.69) is 53.7 Å². The summed E-state index contributed by atoms with van der Waals surface area (Å²) in [5, 5.41) is 34.0. The second kappa shape index (κ2) is 7.71. The number of aliphatic hydroxyl groups is 3. The van der Waals surface area contributed by atoms with Crippen LogP contribution in [0.1, 0.15) is 86.5 Å². The Kier molecular flexibility index (Phi) is 5.84. The Labute approximate surface area is 190 Å². The van der Waals surface area contributed by atoms with Crippen molar-refractivity contribution in [2.45, 2.75) is 104 Å². The largest absolute Gasteiger partial charge is 0.393 e. The molecule has 4 aliphatic rings. The molecule has 0 aromatic carbocycles. The van der Waals surface area contributed by atoms with Crippen molar-refractivity contribution in [1.29, 1.82) is 0 Å². The Morgan fingerprint density at radius 3 is 2.26 bits per heavy atom. The van der Waals surface area contributed by atoms with Crippen LogP contribution >= 0.6 is 0 Å². The Balaban J connectivity index is 1.62. The van der Waals surface area contributed by atoms with Gasteiger partial charge in [-0.1, -0.05) is 65.8 Å². The van der Waals surface area contributed by atoms with Crippen LogP contribution in [0, 0.1) is 46.3 Å². The molecule has 176 valence electrons. The topological polar surface area (TPSA) is 60.7 Å². The molecule has 0 saturated heterocycles. The first kappa shape index (κ1) is 23.5. The maximum absolute atomic E-state index is 12.2. The normalized spacial score (nSPS) is 51.4. The number of aliphatic hydroxyl groups excluding tert-OH is 1. The average Bonchev–Trinajstić information content (AvgIpc) is 3.05. The Hall–Kier alpha value is -0.640. The summed E-state index contributed by atoms with van der Waals surface area (Å²) < 4.78 is 0. The molecule has 4 rings (SSSR count). The maximum Gasteiger partial charge on any atom is 0.0910 e. The van der Waals surface area contributed by atoms with Gasteiger partial charge in [-0.25, -0.2) is 0 Å². The molecule has 0 heterocycles. The SMILES string of the molecule is CC(C)[C@H](C)C=C[C@@H](C)[C@H]1CC[C@H]2[C@@]3(O)C=C[C@@]4(O)C[C@@H](O)CC[C@]4(C)[C@H]3CC[C@]12C. The van der Waals surface area contributed by atoms with E-state index in [4.69, 9.17) is 0 Å². The standard InChI is InChI=1S/C28H46O3/c1-18(2)19(3)7-8-20(4)22-9-10-23-25(22,5)13-12-24-26(6)14-11-21(29)17-27(26,30)15-16-28(23,24)31/h7-8,15-16,18-24,29-31H,9-14,17H2,1-6H3/t19-,20-,21+,22-,23-,24-,25-,26-,27-,28+/m1/s1. The quantitative estimate of drug-likeness (QED) is 0.516. The molecule has 3 heteroatoms. The van der Waals surface area contributed by atoms with Gasteiger partial charge >= 0.3 is 0 Å². The van der Waals surface area contributed by atoms with Crippen LogP contribution in [0.5, 0.6) is 0 Å². The summed E-state index contributed by atoms with van der Waals surface area (Å²) in [6.07, 6.45) is 14.4. The van der Waals surface area contributed by atoms with Crippen LogP contribution in [0.25, 0.3) is 0 Å². The van der Waals surface area contributed by atoms with Gasteiger partial charge in [0, 0.05) is 17.8 Å². The molecular formula is C28H46O3. The molecule has 0 amide bonds. The molecule has 0 aliphatic heterocycles. The fourth-order valence-electron chi connectivity index (χ4n) is 8.33. The molecule has 10 atom stereocenters. The summed E-state index contributed by atoms with van der Waals surface area (Å²) in [6, 6.07) is 0. The number of hydrogen-bond acceptors (Lipinski definition) is 3. The van der Waals surface area contributed by atoms with Gasteiger partial charge in [0.1, 0.15) is 0 Å². The fraction of sp³-hybridized carbons (Fsp3) is 0.857. The van der Waals surface area contributed by atoms with Crippen LogP contribution in [-0.2, 0) is 0 Å². The summed E-state index contributed by atoms with van der Waals surface area (Å²) >= 11 is 0. The van der Waals surface area contributed by atoms with E-state index in [1.54, 1.807) is 0 Å². The summed E-state index contributed by atoms with van der Waals surface area (Å²) in [4.78, 5) is 0. The monoisotopic (exact) mass is 430 g/mol. The van der Waals surface area contributed by atoms with Gasteiger partial charge in [-0.2, -0.15) is 0 Å². The van der Waals surface area contributed by atoms with Gasteiger partial charge in [-0.05, 0) is 73.5 Å². The summed E-state index contributed by atoms with van der Waals surface area (Å²) in [5.74, 6) is 2.66. The molecule has 0 aromatic heterocycles. The number of hydrogen-bond donors (Lipinski definition) is 3. The Bertz CT molecular complexity index is 743. The molecule has 0 spiro atoms. The molecule has 4 aliphatic carbocycles. The Morgan fingerprint density at radius 1 is 0.871 bits per heavy atom. The zero-order valence-electron chi connectivity index (χ0n) is 20.6. The van der Waals surface area contributed by atoms with E-state index in [1.807, 2.05) is 12.2 Å². The highest BCUT2D eigenvalue weighted by molar-refractivity contribution is 5.31. The van der Waals surface area contributed by atoms with E-state index in [1.165, 1.54) is 6.42 Å². The molecule has 0 unspecified atom stereocenters. The molecular weight excluding hydrogens is 384 g/mol. The summed E-state index contributed by atoms with van der Waals surface area (Å²) in [5.41, 5.74) is -2.09. The summed E-state index contributed by atoms with van der Waals surface area (Å²) in [7, 11) is 0. The van der Waals surface area contributed by atoms with Crippen molar-refractivity contribution in [3.05, 3.63) is 24.3 Å². The van der Waals surface area contributed by atoms with E-state index in [9.17, 15) is 15.3 Å². The minimum absolute atomic E-state index is 0.0612. The minimum Gasteiger partial charge on any atom is -0.393 e. The van der Waals surface area contributed by atoms with Gasteiger partial charge < -0.3 is 15.3 Å². The molecule has 31 heavy (non-hydrogen) atoms. The van der Waals surface area contributed by atoms with Gasteiger partial charge in [0.15, 0.2) is 0 Å². The van der Waals surface area contributed by atoms with Crippen molar-refractivity contribution in [3.8, 4) is 0 Å². The van der Waals surface area contributed by atoms with E-state index >= 15 is 0 Å². The van der Waals surface area contributed by atoms with Crippen molar-refractivity contribution in [2.24, 2.45) is 46.3 Å². The number of rotatable bonds is 4. The lowest BCUT2D eigenvalue weighted by atomic mass is 9.43. The first-order valence-corrected chi connectivity index (χ1v) is 12.9. The van der Waals surface area contributed by atoms with Crippen LogP contribution in [0.3, 0.4) is 0 Å². The van der Waals surface area contributed by atoms with Gasteiger partial charge in [-0.15, -0.1) is 0 Å². The molecule has 3 N–H and O–H groups in total. The highest BCUT2D eigenvalue weighted by Crippen LogP contribution is 2.68. The molecule has 0 bridgehead atoms. The van der Waals surface area contributed by atoms with Crippen LogP contribution in [0.15, 0.2) is 24.3 Å². The van der Waals surface area contributed by atoms with E-state index in [0.29, 0.717) is 30.1 Å². The van der Waals surface area contributed by atoms with Crippen LogP contribution in [-0.4, -0.2) is 32.6 Å². The van der Waals surface area contributed by atoms with Crippen molar-refractivity contribution < 1.29 is 15.3 Å². The van der Waals surface area contributed by atoms with E-state index < -0.39 is 17.3 Å². The smallest absolute Gasteiger partial charge is 0.0910 e. The fourth-order valence-corrected chi connectivity index (χ4v) is 8.33. The van der Waals surface area contributed by atoms with Gasteiger partial charge in [-0.3, -0.25) is 0 Å². The highest BCUT2D eigenvalue weighted by Gasteiger charge is 2.68. The number of allylic oxidation sites excluding steroid dienone is 2. The first-order valence-electron chi connectivity index (χ1n) is 12.9. The second-order valence-electron chi connectivity index (χ2n) is 12.6. The van der Waals surface area contributed by atoms with Gasteiger partial charge in [0.05, 0.1) is 17.3 Å². The molecule has 3 fully saturated rings. The van der Waals surface area contributed by atoms with E-state index in [-0.39, 0.29) is 22.7 Å². The number of fused-ring (bicyclic) bond motifs is 5. The summed E-state index contributed by atoms with van der Waals surface area (Å²) in [6.45, 7) is 13.8. The van der Waals surface area contributed by atoms with Crippen molar-refractivity contribution in [1.82, 2.24) is 0 Å². The average molecular weight is 431 g/mol. The highest BCUT2D eigenvalue weighted by atomic mass is 16.3. The van der Waals surface area contributed by atoms with Gasteiger partial charge in [0.25, 0.3) is 0 Å². The third-order valence-corrected chi connectivity index (χ3v) is 10.8. The van der Waals surface area contributed by atoms with Crippen LogP contribution in [0.2, 0.25) is 0 Å². The first-order chi connectivity index (χ1) is 14.4. The predicted molar refractivity (Wildman–Crippen MR) is 126 cm³/mol. The maximum atomic E-state index is 12.2. The van der Waals surface area contributed by atoms with Crippen molar-refractivity contribution >= 4 is 0 Å². The van der Waals surface area contributed by atoms with Crippen molar-refractivity contribution in [2.75, 3.05) is 0 Å².